The number of nitrogens with zero attached hydrogens (tertiary/aromatic N) is 2. The van der Waals surface area contributed by atoms with Crippen LogP contribution in [0, 0.1) is 5.82 Å². The van der Waals surface area contributed by atoms with Crippen LogP contribution in [0.1, 0.15) is 0 Å². The van der Waals surface area contributed by atoms with Crippen LogP contribution in [-0.2, 0) is 0 Å². The Bertz CT molecular complexity index is 684. The number of piperazine rings is 1. The Balaban J connectivity index is 1.57. The number of amides is 2. The van der Waals surface area contributed by atoms with Crippen LogP contribution in [0.15, 0.2) is 48.5 Å². The lowest BCUT2D eigenvalue weighted by molar-refractivity contribution is 0.208. The normalized spacial score (nSPS) is 14.7. The minimum atomic E-state index is -0.244. The van der Waals surface area contributed by atoms with Crippen LogP contribution in [0.3, 0.4) is 0 Å². The first-order chi connectivity index (χ1) is 11.1. The van der Waals surface area contributed by atoms with Gasteiger partial charge in [-0.3, -0.25) is 0 Å². The smallest absolute Gasteiger partial charge is 0.322 e. The van der Waals surface area contributed by atoms with Gasteiger partial charge in [0.1, 0.15) is 5.82 Å². The van der Waals surface area contributed by atoms with Crippen LogP contribution < -0.4 is 10.2 Å². The number of para-hydroxylation sites is 1. The van der Waals surface area contributed by atoms with E-state index in [2.05, 4.69) is 10.2 Å². The molecule has 0 unspecified atom stereocenters. The molecule has 1 aliphatic heterocycles. The van der Waals surface area contributed by atoms with Crippen molar-refractivity contribution in [2.75, 3.05) is 36.4 Å². The lowest BCUT2D eigenvalue weighted by Gasteiger charge is -2.36. The van der Waals surface area contributed by atoms with E-state index in [4.69, 9.17) is 11.6 Å². The maximum Gasteiger partial charge on any atom is 0.322 e. The molecule has 2 amide bonds. The first kappa shape index (κ1) is 15.6. The summed E-state index contributed by atoms with van der Waals surface area (Å²) in [6.45, 7) is 2.63. The maximum absolute atomic E-state index is 13.0. The number of urea groups is 1. The second-order valence-corrected chi connectivity index (χ2v) is 5.77. The van der Waals surface area contributed by atoms with Gasteiger partial charge >= 0.3 is 6.03 Å². The molecule has 6 heteroatoms. The van der Waals surface area contributed by atoms with Gasteiger partial charge in [-0.1, -0.05) is 23.7 Å². The van der Waals surface area contributed by atoms with E-state index in [9.17, 15) is 9.18 Å². The average Bonchev–Trinajstić information content (AvgIpc) is 2.58. The molecule has 1 fully saturated rings. The number of halogens is 2. The molecule has 3 rings (SSSR count). The van der Waals surface area contributed by atoms with E-state index in [0.717, 1.165) is 5.69 Å². The number of rotatable bonds is 2. The third-order valence-electron chi connectivity index (χ3n) is 3.87. The summed E-state index contributed by atoms with van der Waals surface area (Å²) in [6.07, 6.45) is 0. The van der Waals surface area contributed by atoms with Gasteiger partial charge in [-0.25, -0.2) is 9.18 Å². The largest absolute Gasteiger partial charge is 0.368 e. The van der Waals surface area contributed by atoms with Gasteiger partial charge in [-0.15, -0.1) is 0 Å². The zero-order chi connectivity index (χ0) is 16.2. The SMILES string of the molecule is O=C(Nc1ccccc1Cl)N1CCN(c2ccc(F)cc2)CC1. The number of hydrogen-bond acceptors (Lipinski definition) is 2. The second-order valence-electron chi connectivity index (χ2n) is 5.36. The minimum absolute atomic E-state index is 0.156. The zero-order valence-electron chi connectivity index (χ0n) is 12.5. The summed E-state index contributed by atoms with van der Waals surface area (Å²) >= 11 is 6.05. The number of nitrogens with one attached hydrogen (secondary N) is 1. The zero-order valence-corrected chi connectivity index (χ0v) is 13.3. The summed E-state index contributed by atoms with van der Waals surface area (Å²) in [4.78, 5) is 16.2. The number of carbonyl (C=O) groups excluding carboxylic acids is 1. The summed E-state index contributed by atoms with van der Waals surface area (Å²) in [5.74, 6) is -0.244. The Morgan fingerprint density at radius 1 is 1.00 bits per heavy atom. The van der Waals surface area contributed by atoms with Crippen molar-refractivity contribution in [2.24, 2.45) is 0 Å². The molecule has 0 bridgehead atoms. The lowest BCUT2D eigenvalue weighted by Crippen LogP contribution is -2.50. The summed E-state index contributed by atoms with van der Waals surface area (Å²) in [6, 6.07) is 13.4. The number of hydrogen-bond donors (Lipinski definition) is 1. The van der Waals surface area contributed by atoms with Gasteiger partial charge in [0.05, 0.1) is 10.7 Å². The van der Waals surface area contributed by atoms with Gasteiger partial charge in [0, 0.05) is 31.9 Å². The van der Waals surface area contributed by atoms with E-state index < -0.39 is 0 Å². The molecule has 0 radical (unpaired) electrons. The van der Waals surface area contributed by atoms with Gasteiger partial charge in [0.25, 0.3) is 0 Å². The van der Waals surface area contributed by atoms with E-state index in [-0.39, 0.29) is 11.8 Å². The number of carbonyl (C=O) groups is 1. The van der Waals surface area contributed by atoms with Crippen molar-refractivity contribution in [1.29, 1.82) is 0 Å². The van der Waals surface area contributed by atoms with Crippen molar-refractivity contribution in [3.63, 3.8) is 0 Å². The number of anilines is 2. The molecular formula is C17H17ClFN3O. The van der Waals surface area contributed by atoms with Gasteiger partial charge < -0.3 is 15.1 Å². The highest BCUT2D eigenvalue weighted by Gasteiger charge is 2.21. The standard InChI is InChI=1S/C17H17ClFN3O/c18-15-3-1-2-4-16(15)20-17(23)22-11-9-21(10-12-22)14-7-5-13(19)6-8-14/h1-8H,9-12H2,(H,20,23). The Labute approximate surface area is 139 Å². The first-order valence-corrected chi connectivity index (χ1v) is 7.82. The van der Waals surface area contributed by atoms with Crippen molar-refractivity contribution in [3.05, 3.63) is 59.4 Å². The summed E-state index contributed by atoms with van der Waals surface area (Å²) in [5, 5.41) is 3.35. The molecule has 23 heavy (non-hydrogen) atoms. The van der Waals surface area contributed by atoms with Gasteiger partial charge in [-0.05, 0) is 36.4 Å². The van der Waals surface area contributed by atoms with Gasteiger partial charge in [0.2, 0.25) is 0 Å². The third-order valence-corrected chi connectivity index (χ3v) is 4.20. The predicted molar refractivity (Wildman–Crippen MR) is 90.7 cm³/mol. The molecule has 1 aliphatic rings. The van der Waals surface area contributed by atoms with Crippen molar-refractivity contribution in [3.8, 4) is 0 Å². The predicted octanol–water partition coefficient (Wildman–Crippen LogP) is 3.83. The molecule has 0 spiro atoms. The summed E-state index contributed by atoms with van der Waals surface area (Å²) < 4.78 is 13.0. The summed E-state index contributed by atoms with van der Waals surface area (Å²) in [7, 11) is 0. The van der Waals surface area contributed by atoms with E-state index in [1.807, 2.05) is 12.1 Å². The van der Waals surface area contributed by atoms with Crippen LogP contribution in [0.2, 0.25) is 5.02 Å². The molecule has 0 aliphatic carbocycles. The van der Waals surface area contributed by atoms with Crippen molar-refractivity contribution in [1.82, 2.24) is 4.90 Å². The molecule has 0 saturated carbocycles. The fourth-order valence-corrected chi connectivity index (χ4v) is 2.76. The molecule has 1 N–H and O–H groups in total. The highest BCUT2D eigenvalue weighted by atomic mass is 35.5. The Morgan fingerprint density at radius 3 is 2.30 bits per heavy atom. The van der Waals surface area contributed by atoms with Gasteiger partial charge in [0.15, 0.2) is 0 Å². The molecule has 2 aromatic rings. The topological polar surface area (TPSA) is 35.6 Å². The van der Waals surface area contributed by atoms with Crippen molar-refractivity contribution < 1.29 is 9.18 Å². The first-order valence-electron chi connectivity index (χ1n) is 7.44. The maximum atomic E-state index is 13.0. The van der Waals surface area contributed by atoms with Crippen LogP contribution in [0.5, 0.6) is 0 Å². The monoisotopic (exact) mass is 333 g/mol. The fourth-order valence-electron chi connectivity index (χ4n) is 2.58. The lowest BCUT2D eigenvalue weighted by atomic mass is 10.2. The van der Waals surface area contributed by atoms with Crippen molar-refractivity contribution >= 4 is 29.0 Å². The highest BCUT2D eigenvalue weighted by Crippen LogP contribution is 2.21. The Hall–Kier alpha value is -2.27. The molecule has 4 nitrogen and oxygen atoms in total. The van der Waals surface area contributed by atoms with Crippen molar-refractivity contribution in [2.45, 2.75) is 0 Å². The minimum Gasteiger partial charge on any atom is -0.368 e. The van der Waals surface area contributed by atoms with E-state index in [0.29, 0.717) is 36.9 Å². The van der Waals surface area contributed by atoms with Crippen LogP contribution in [0.4, 0.5) is 20.6 Å². The quantitative estimate of drug-likeness (QED) is 0.906. The molecule has 2 aromatic carbocycles. The molecule has 0 atom stereocenters. The van der Waals surface area contributed by atoms with E-state index in [1.54, 1.807) is 29.2 Å². The second kappa shape index (κ2) is 6.87. The summed E-state index contributed by atoms with van der Waals surface area (Å²) in [5.41, 5.74) is 1.58. The van der Waals surface area contributed by atoms with Crippen LogP contribution in [0.25, 0.3) is 0 Å². The Kier molecular flexibility index (Phi) is 4.67. The molecule has 0 aromatic heterocycles. The Morgan fingerprint density at radius 2 is 1.65 bits per heavy atom. The van der Waals surface area contributed by atoms with Gasteiger partial charge in [-0.2, -0.15) is 0 Å². The van der Waals surface area contributed by atoms with Crippen LogP contribution >= 0.6 is 11.6 Å². The average molecular weight is 334 g/mol. The van der Waals surface area contributed by atoms with E-state index in [1.165, 1.54) is 12.1 Å². The highest BCUT2D eigenvalue weighted by molar-refractivity contribution is 6.33. The molecule has 1 heterocycles. The molecular weight excluding hydrogens is 317 g/mol. The van der Waals surface area contributed by atoms with Crippen LogP contribution in [-0.4, -0.2) is 37.1 Å². The molecule has 1 saturated heterocycles. The third kappa shape index (κ3) is 3.74. The number of benzene rings is 2. The van der Waals surface area contributed by atoms with E-state index >= 15 is 0 Å². The fraction of sp³-hybridized carbons (Fsp3) is 0.235. The molecule has 120 valence electrons.